The maximum atomic E-state index is 4.50. The highest BCUT2D eigenvalue weighted by atomic mass is 15.3. The fourth-order valence-corrected chi connectivity index (χ4v) is 1.79. The summed E-state index contributed by atoms with van der Waals surface area (Å²) in [5.41, 5.74) is 0.990. The summed E-state index contributed by atoms with van der Waals surface area (Å²) >= 11 is 0. The maximum absolute atomic E-state index is 4.50. The smallest absolute Gasteiger partial charge is 0.133 e. The van der Waals surface area contributed by atoms with Crippen molar-refractivity contribution in [3.05, 3.63) is 29.8 Å². The van der Waals surface area contributed by atoms with Gasteiger partial charge in [-0.2, -0.15) is 5.10 Å². The first-order valence-electron chi connectivity index (χ1n) is 6.49. The molecule has 2 aromatic rings. The van der Waals surface area contributed by atoms with Gasteiger partial charge >= 0.3 is 0 Å². The molecule has 0 saturated heterocycles. The Balaban J connectivity index is 2.08. The van der Waals surface area contributed by atoms with E-state index in [1.54, 1.807) is 4.68 Å². The topological polar surface area (TPSA) is 67.7 Å². The van der Waals surface area contributed by atoms with E-state index in [2.05, 4.69) is 32.6 Å². The van der Waals surface area contributed by atoms with E-state index in [0.717, 1.165) is 36.0 Å². The van der Waals surface area contributed by atoms with Crippen LogP contribution >= 0.6 is 0 Å². The van der Waals surface area contributed by atoms with Crippen molar-refractivity contribution in [2.45, 2.75) is 26.3 Å². The molecule has 2 rings (SSSR count). The van der Waals surface area contributed by atoms with Crippen LogP contribution < -0.4 is 10.6 Å². The molecule has 2 aromatic heterocycles. The van der Waals surface area contributed by atoms with Crippen molar-refractivity contribution < 1.29 is 0 Å². The summed E-state index contributed by atoms with van der Waals surface area (Å²) in [6.07, 6.45) is 3.85. The Hall–Kier alpha value is -2.11. The number of nitrogens with zero attached hydrogens (tertiary/aromatic N) is 4. The second kappa shape index (κ2) is 6.17. The highest BCUT2D eigenvalue weighted by Gasteiger charge is 2.04. The number of hydrogen-bond donors (Lipinski definition) is 2. The number of hydrogen-bond acceptors (Lipinski definition) is 5. The van der Waals surface area contributed by atoms with Crippen molar-refractivity contribution >= 4 is 11.6 Å². The molecule has 19 heavy (non-hydrogen) atoms. The molecule has 2 N–H and O–H groups in total. The zero-order chi connectivity index (χ0) is 13.7. The summed E-state index contributed by atoms with van der Waals surface area (Å²) in [6.45, 7) is 2.78. The fourth-order valence-electron chi connectivity index (χ4n) is 1.79. The predicted octanol–water partition coefficient (Wildman–Crippen LogP) is 1.82. The summed E-state index contributed by atoms with van der Waals surface area (Å²) in [5.74, 6) is 2.52. The molecule has 0 unspecified atom stereocenters. The van der Waals surface area contributed by atoms with Crippen LogP contribution in [0.5, 0.6) is 0 Å². The molecular weight excluding hydrogens is 240 g/mol. The van der Waals surface area contributed by atoms with E-state index in [1.165, 1.54) is 0 Å². The number of nitrogens with one attached hydrogen (secondary N) is 2. The van der Waals surface area contributed by atoms with Gasteiger partial charge in [0, 0.05) is 32.8 Å². The Kier molecular flexibility index (Phi) is 4.33. The summed E-state index contributed by atoms with van der Waals surface area (Å²) < 4.78 is 1.79. The summed E-state index contributed by atoms with van der Waals surface area (Å²) in [4.78, 5) is 8.91. The van der Waals surface area contributed by atoms with Crippen molar-refractivity contribution in [3.63, 3.8) is 0 Å². The van der Waals surface area contributed by atoms with Gasteiger partial charge in [0.25, 0.3) is 0 Å². The molecule has 0 atom stereocenters. The van der Waals surface area contributed by atoms with E-state index in [0.29, 0.717) is 6.54 Å². The van der Waals surface area contributed by atoms with Crippen LogP contribution in [0, 0.1) is 0 Å². The molecule has 6 heteroatoms. The number of aromatic nitrogens is 4. The molecule has 0 saturated carbocycles. The van der Waals surface area contributed by atoms with Gasteiger partial charge in [0.05, 0.1) is 12.2 Å². The van der Waals surface area contributed by atoms with Crippen LogP contribution in [-0.4, -0.2) is 26.8 Å². The number of rotatable bonds is 6. The summed E-state index contributed by atoms with van der Waals surface area (Å²) in [5, 5.41) is 10.7. The van der Waals surface area contributed by atoms with E-state index >= 15 is 0 Å². The van der Waals surface area contributed by atoms with Gasteiger partial charge in [-0.1, -0.05) is 6.92 Å². The van der Waals surface area contributed by atoms with E-state index < -0.39 is 0 Å². The monoisotopic (exact) mass is 260 g/mol. The minimum Gasteiger partial charge on any atom is -0.373 e. The van der Waals surface area contributed by atoms with Crippen LogP contribution in [0.3, 0.4) is 0 Å². The largest absolute Gasteiger partial charge is 0.373 e. The van der Waals surface area contributed by atoms with E-state index in [-0.39, 0.29) is 0 Å². The van der Waals surface area contributed by atoms with Crippen molar-refractivity contribution in [2.75, 3.05) is 17.7 Å². The zero-order valence-corrected chi connectivity index (χ0v) is 11.6. The van der Waals surface area contributed by atoms with Gasteiger partial charge in [-0.05, 0) is 12.5 Å². The van der Waals surface area contributed by atoms with Gasteiger partial charge in [-0.3, -0.25) is 4.68 Å². The molecule has 2 heterocycles. The van der Waals surface area contributed by atoms with Crippen LogP contribution in [-0.2, 0) is 20.0 Å². The molecule has 0 fully saturated rings. The van der Waals surface area contributed by atoms with E-state index in [1.807, 2.05) is 32.4 Å². The Morgan fingerprint density at radius 3 is 2.68 bits per heavy atom. The predicted molar refractivity (Wildman–Crippen MR) is 76.1 cm³/mol. The molecular formula is C13H20N6. The minimum absolute atomic E-state index is 0.659. The first kappa shape index (κ1) is 13.3. The van der Waals surface area contributed by atoms with Crippen LogP contribution in [0.4, 0.5) is 11.6 Å². The summed E-state index contributed by atoms with van der Waals surface area (Å²) in [6, 6.07) is 3.89. The first-order chi connectivity index (χ1) is 9.21. The molecule has 0 spiro atoms. The Morgan fingerprint density at radius 1 is 1.26 bits per heavy atom. The van der Waals surface area contributed by atoms with Gasteiger partial charge in [0.1, 0.15) is 17.5 Å². The van der Waals surface area contributed by atoms with Gasteiger partial charge in [0.15, 0.2) is 0 Å². The van der Waals surface area contributed by atoms with Gasteiger partial charge < -0.3 is 10.6 Å². The maximum Gasteiger partial charge on any atom is 0.133 e. The Morgan fingerprint density at radius 2 is 2.05 bits per heavy atom. The van der Waals surface area contributed by atoms with Crippen molar-refractivity contribution in [1.82, 2.24) is 19.7 Å². The lowest BCUT2D eigenvalue weighted by molar-refractivity contribution is 0.746. The highest BCUT2D eigenvalue weighted by Crippen LogP contribution is 2.12. The average Bonchev–Trinajstić information content (AvgIpc) is 2.82. The van der Waals surface area contributed by atoms with Crippen LogP contribution in [0.2, 0.25) is 0 Å². The third-order valence-corrected chi connectivity index (χ3v) is 2.72. The Bertz CT molecular complexity index is 534. The average molecular weight is 260 g/mol. The molecule has 0 aliphatic rings. The lowest BCUT2D eigenvalue weighted by atomic mass is 10.3. The van der Waals surface area contributed by atoms with Crippen LogP contribution in [0.25, 0.3) is 0 Å². The van der Waals surface area contributed by atoms with Gasteiger partial charge in [0.2, 0.25) is 0 Å². The van der Waals surface area contributed by atoms with Crippen molar-refractivity contribution in [2.24, 2.45) is 7.05 Å². The summed E-state index contributed by atoms with van der Waals surface area (Å²) in [7, 11) is 3.77. The zero-order valence-electron chi connectivity index (χ0n) is 11.6. The number of anilines is 2. The normalized spacial score (nSPS) is 10.5. The second-order valence-electron chi connectivity index (χ2n) is 4.39. The molecule has 0 bridgehead atoms. The minimum atomic E-state index is 0.659. The standard InChI is InChI=1S/C13H20N6/c1-4-5-11-16-12(14-2)8-13(17-11)15-9-10-6-7-19(3)18-10/h6-8H,4-5,9H2,1-3H3,(H2,14,15,16,17). The van der Waals surface area contributed by atoms with E-state index in [9.17, 15) is 0 Å². The molecule has 0 radical (unpaired) electrons. The SMILES string of the molecule is CCCc1nc(NC)cc(NCc2ccn(C)n2)n1. The third kappa shape index (κ3) is 3.67. The quantitative estimate of drug-likeness (QED) is 0.829. The Labute approximate surface area is 113 Å². The van der Waals surface area contributed by atoms with Crippen LogP contribution in [0.15, 0.2) is 18.3 Å². The van der Waals surface area contributed by atoms with Crippen molar-refractivity contribution in [3.8, 4) is 0 Å². The molecule has 0 aliphatic heterocycles. The molecule has 102 valence electrons. The highest BCUT2D eigenvalue weighted by molar-refractivity contribution is 5.47. The van der Waals surface area contributed by atoms with E-state index in [4.69, 9.17) is 0 Å². The lowest BCUT2D eigenvalue weighted by Crippen LogP contribution is -2.07. The van der Waals surface area contributed by atoms with Crippen LogP contribution in [0.1, 0.15) is 24.9 Å². The molecule has 0 amide bonds. The van der Waals surface area contributed by atoms with Gasteiger partial charge in [-0.25, -0.2) is 9.97 Å². The molecule has 0 aromatic carbocycles. The van der Waals surface area contributed by atoms with Gasteiger partial charge in [-0.15, -0.1) is 0 Å². The first-order valence-corrected chi connectivity index (χ1v) is 6.49. The fraction of sp³-hybridized carbons (Fsp3) is 0.462. The second-order valence-corrected chi connectivity index (χ2v) is 4.39. The molecule has 0 aliphatic carbocycles. The molecule has 6 nitrogen and oxygen atoms in total. The number of aryl methyl sites for hydroxylation is 2. The third-order valence-electron chi connectivity index (χ3n) is 2.72. The lowest BCUT2D eigenvalue weighted by Gasteiger charge is -2.08. The van der Waals surface area contributed by atoms with Crippen molar-refractivity contribution in [1.29, 1.82) is 0 Å².